The zero-order chi connectivity index (χ0) is 24.4. The van der Waals surface area contributed by atoms with Crippen molar-refractivity contribution in [3.63, 3.8) is 0 Å². The molecule has 0 radical (unpaired) electrons. The zero-order valence-electron chi connectivity index (χ0n) is 18.9. The minimum Gasteiger partial charge on any atom is -0.486 e. The van der Waals surface area contributed by atoms with Crippen LogP contribution in [-0.2, 0) is 15.1 Å². The van der Waals surface area contributed by atoms with Gasteiger partial charge in [-0.3, -0.25) is 14.5 Å². The van der Waals surface area contributed by atoms with E-state index in [1.165, 1.54) is 0 Å². The number of carbonyl (C=O) groups is 3. The highest BCUT2D eigenvalue weighted by Gasteiger charge is 2.49. The first kappa shape index (κ1) is 22.3. The van der Waals surface area contributed by atoms with Gasteiger partial charge in [0.2, 0.25) is 5.91 Å². The third kappa shape index (κ3) is 4.48. The molecule has 2 aliphatic heterocycles. The van der Waals surface area contributed by atoms with Crippen molar-refractivity contribution >= 4 is 23.5 Å². The average Bonchev–Trinajstić information content (AvgIpc) is 3.09. The smallest absolute Gasteiger partial charge is 0.325 e. The van der Waals surface area contributed by atoms with E-state index in [4.69, 9.17) is 14.2 Å². The van der Waals surface area contributed by atoms with E-state index in [0.29, 0.717) is 47.5 Å². The van der Waals surface area contributed by atoms with Gasteiger partial charge in [0, 0.05) is 5.69 Å². The molecule has 0 spiro atoms. The van der Waals surface area contributed by atoms with E-state index in [1.807, 2.05) is 30.3 Å². The van der Waals surface area contributed by atoms with Crippen LogP contribution in [0.1, 0.15) is 12.5 Å². The molecule has 5 rings (SSSR count). The summed E-state index contributed by atoms with van der Waals surface area (Å²) in [6.07, 6.45) is 0. The second-order valence-electron chi connectivity index (χ2n) is 8.29. The number of anilines is 1. The number of amides is 4. The van der Waals surface area contributed by atoms with Crippen LogP contribution in [0.25, 0.3) is 0 Å². The molecule has 3 aromatic rings. The molecule has 4 amide bonds. The first-order valence-corrected chi connectivity index (χ1v) is 11.1. The maximum absolute atomic E-state index is 13.2. The molecule has 0 aliphatic carbocycles. The van der Waals surface area contributed by atoms with Crippen LogP contribution in [-0.4, -0.2) is 42.5 Å². The molecule has 0 aromatic heterocycles. The molecule has 178 valence electrons. The van der Waals surface area contributed by atoms with Gasteiger partial charge in [-0.25, -0.2) is 4.79 Å². The molecule has 1 saturated heterocycles. The van der Waals surface area contributed by atoms with Gasteiger partial charge in [-0.2, -0.15) is 0 Å². The number of rotatable bonds is 6. The number of benzene rings is 3. The fourth-order valence-corrected chi connectivity index (χ4v) is 3.97. The van der Waals surface area contributed by atoms with Crippen molar-refractivity contribution in [3.8, 4) is 23.0 Å². The van der Waals surface area contributed by atoms with Crippen LogP contribution in [0.5, 0.6) is 23.0 Å². The molecular formula is C26H23N3O6. The number of nitrogens with one attached hydrogen (secondary N) is 2. The molecule has 0 bridgehead atoms. The van der Waals surface area contributed by atoms with Gasteiger partial charge in [-0.05, 0) is 61.0 Å². The van der Waals surface area contributed by atoms with Crippen molar-refractivity contribution in [1.82, 2.24) is 10.2 Å². The lowest BCUT2D eigenvalue weighted by atomic mass is 9.91. The maximum atomic E-state index is 13.2. The highest BCUT2D eigenvalue weighted by molar-refractivity contribution is 6.10. The molecule has 1 fully saturated rings. The predicted molar refractivity (Wildman–Crippen MR) is 127 cm³/mol. The van der Waals surface area contributed by atoms with Crippen LogP contribution in [0.3, 0.4) is 0 Å². The number of hydrogen-bond donors (Lipinski definition) is 2. The molecule has 9 nitrogen and oxygen atoms in total. The SMILES string of the molecule is CC1(c2ccc3c(c2)OCCO3)NC(=O)N(CC(=O)Nc2ccc(Oc3ccccc3)cc2)C1=O. The normalized spacial score (nSPS) is 18.7. The fourth-order valence-electron chi connectivity index (χ4n) is 3.97. The van der Waals surface area contributed by atoms with Gasteiger partial charge in [0.05, 0.1) is 0 Å². The van der Waals surface area contributed by atoms with Crippen LogP contribution in [0.2, 0.25) is 0 Å². The number of carbonyl (C=O) groups excluding carboxylic acids is 3. The van der Waals surface area contributed by atoms with Crippen LogP contribution in [0, 0.1) is 0 Å². The van der Waals surface area contributed by atoms with E-state index in [2.05, 4.69) is 10.6 Å². The van der Waals surface area contributed by atoms with Crippen molar-refractivity contribution in [3.05, 3.63) is 78.4 Å². The number of hydrogen-bond acceptors (Lipinski definition) is 6. The molecule has 2 N–H and O–H groups in total. The Bertz CT molecular complexity index is 1280. The Morgan fingerprint density at radius 1 is 0.971 bits per heavy atom. The standard InChI is InChI=1S/C26H23N3O6/c1-26(17-7-12-21-22(15-17)34-14-13-33-21)24(31)29(25(32)28-26)16-23(30)27-18-8-10-20(11-9-18)35-19-5-3-2-4-6-19/h2-12,15H,13-14,16H2,1H3,(H,27,30)(H,28,32). The van der Waals surface area contributed by atoms with Crippen molar-refractivity contribution in [2.75, 3.05) is 25.1 Å². The number of urea groups is 1. The average molecular weight is 473 g/mol. The van der Waals surface area contributed by atoms with E-state index < -0.39 is 29.9 Å². The van der Waals surface area contributed by atoms with E-state index in [1.54, 1.807) is 49.4 Å². The summed E-state index contributed by atoms with van der Waals surface area (Å²) in [6.45, 7) is 2.03. The number of nitrogens with zero attached hydrogens (tertiary/aromatic N) is 1. The fraction of sp³-hybridized carbons (Fsp3) is 0.192. The Morgan fingerprint density at radius 3 is 2.40 bits per heavy atom. The molecule has 35 heavy (non-hydrogen) atoms. The summed E-state index contributed by atoms with van der Waals surface area (Å²) in [6, 6.07) is 20.6. The van der Waals surface area contributed by atoms with E-state index in [0.717, 1.165) is 4.90 Å². The van der Waals surface area contributed by atoms with Gasteiger partial charge < -0.3 is 24.8 Å². The van der Waals surface area contributed by atoms with Gasteiger partial charge in [0.15, 0.2) is 11.5 Å². The minimum absolute atomic E-state index is 0.402. The summed E-state index contributed by atoms with van der Waals surface area (Å²) >= 11 is 0. The Hall–Kier alpha value is -4.53. The maximum Gasteiger partial charge on any atom is 0.325 e. The zero-order valence-corrected chi connectivity index (χ0v) is 18.9. The van der Waals surface area contributed by atoms with Crippen LogP contribution in [0.15, 0.2) is 72.8 Å². The molecule has 3 aromatic carbocycles. The number of imide groups is 1. The Kier molecular flexibility index (Phi) is 5.74. The molecule has 2 heterocycles. The molecule has 1 unspecified atom stereocenters. The van der Waals surface area contributed by atoms with E-state index in [-0.39, 0.29) is 0 Å². The van der Waals surface area contributed by atoms with Crippen molar-refractivity contribution in [2.24, 2.45) is 0 Å². The molecule has 1 atom stereocenters. The van der Waals surface area contributed by atoms with Gasteiger partial charge in [0.25, 0.3) is 5.91 Å². The second kappa shape index (κ2) is 9.02. The Labute approximate surface area is 201 Å². The minimum atomic E-state index is -1.33. The van der Waals surface area contributed by atoms with Gasteiger partial charge in [-0.15, -0.1) is 0 Å². The third-order valence-electron chi connectivity index (χ3n) is 5.81. The molecule has 9 heteroatoms. The summed E-state index contributed by atoms with van der Waals surface area (Å²) in [5.41, 5.74) is -0.280. The monoisotopic (exact) mass is 473 g/mol. The first-order chi connectivity index (χ1) is 16.9. The molecular weight excluding hydrogens is 450 g/mol. The topological polar surface area (TPSA) is 106 Å². The van der Waals surface area contributed by atoms with Crippen LogP contribution < -0.4 is 24.8 Å². The summed E-state index contributed by atoms with van der Waals surface area (Å²) in [7, 11) is 0. The van der Waals surface area contributed by atoms with Crippen LogP contribution >= 0.6 is 0 Å². The van der Waals surface area contributed by atoms with Crippen molar-refractivity contribution in [1.29, 1.82) is 0 Å². The number of ether oxygens (including phenoxy) is 3. The van der Waals surface area contributed by atoms with E-state index in [9.17, 15) is 14.4 Å². The van der Waals surface area contributed by atoms with Gasteiger partial charge in [-0.1, -0.05) is 24.3 Å². The lowest BCUT2D eigenvalue weighted by Crippen LogP contribution is -2.42. The highest BCUT2D eigenvalue weighted by Crippen LogP contribution is 2.36. The van der Waals surface area contributed by atoms with Gasteiger partial charge >= 0.3 is 6.03 Å². The van der Waals surface area contributed by atoms with E-state index >= 15 is 0 Å². The predicted octanol–water partition coefficient (Wildman–Crippen LogP) is 3.66. The highest BCUT2D eigenvalue weighted by atomic mass is 16.6. The number of fused-ring (bicyclic) bond motifs is 1. The van der Waals surface area contributed by atoms with Crippen molar-refractivity contribution < 1.29 is 28.6 Å². The summed E-state index contributed by atoms with van der Waals surface area (Å²) in [5, 5.41) is 5.40. The third-order valence-corrected chi connectivity index (χ3v) is 5.81. The summed E-state index contributed by atoms with van der Waals surface area (Å²) in [4.78, 5) is 39.3. The molecule has 2 aliphatic rings. The summed E-state index contributed by atoms with van der Waals surface area (Å²) in [5.74, 6) is 1.37. The van der Waals surface area contributed by atoms with Crippen LogP contribution in [0.4, 0.5) is 10.5 Å². The Morgan fingerprint density at radius 2 is 1.66 bits per heavy atom. The largest absolute Gasteiger partial charge is 0.486 e. The lowest BCUT2D eigenvalue weighted by molar-refractivity contribution is -0.133. The number of para-hydroxylation sites is 1. The first-order valence-electron chi connectivity index (χ1n) is 11.1. The van der Waals surface area contributed by atoms with Crippen molar-refractivity contribution in [2.45, 2.75) is 12.5 Å². The Balaban J connectivity index is 1.23. The van der Waals surface area contributed by atoms with Gasteiger partial charge in [0.1, 0.15) is 36.8 Å². The molecule has 0 saturated carbocycles. The lowest BCUT2D eigenvalue weighted by Gasteiger charge is -2.25. The summed E-state index contributed by atoms with van der Waals surface area (Å²) < 4.78 is 16.9. The second-order valence-corrected chi connectivity index (χ2v) is 8.29. The quantitative estimate of drug-likeness (QED) is 0.530.